The van der Waals surface area contributed by atoms with E-state index in [2.05, 4.69) is 6.58 Å². The van der Waals surface area contributed by atoms with E-state index in [-0.39, 0.29) is 5.56 Å². The van der Waals surface area contributed by atoms with Gasteiger partial charge in [0.2, 0.25) is 0 Å². The van der Waals surface area contributed by atoms with E-state index in [0.717, 1.165) is 33.8 Å². The molecular weight excluding hydrogens is 288 g/mol. The van der Waals surface area contributed by atoms with Gasteiger partial charge in [-0.05, 0) is 44.4 Å². The number of hydrogen-bond donors (Lipinski definition) is 0. The molecule has 0 aromatic carbocycles. The molecule has 0 N–H and O–H groups in total. The van der Waals surface area contributed by atoms with E-state index >= 15 is 0 Å². The summed E-state index contributed by atoms with van der Waals surface area (Å²) in [5, 5.41) is 1.66. The van der Waals surface area contributed by atoms with E-state index in [1.165, 1.54) is 35.0 Å². The van der Waals surface area contributed by atoms with Crippen LogP contribution in [0.1, 0.15) is 30.2 Å². The smallest absolute Gasteiger partial charge is 0.263 e. The van der Waals surface area contributed by atoms with E-state index in [1.807, 2.05) is 13.2 Å². The Bertz CT molecular complexity index is 742. The number of thioether (sulfide) groups is 1. The van der Waals surface area contributed by atoms with Gasteiger partial charge >= 0.3 is 0 Å². The van der Waals surface area contributed by atoms with Gasteiger partial charge in [-0.2, -0.15) is 0 Å². The normalized spacial score (nSPS) is 14.5. The quantitative estimate of drug-likeness (QED) is 0.493. The molecule has 0 saturated heterocycles. The molecule has 2 heterocycles. The van der Waals surface area contributed by atoms with E-state index < -0.39 is 0 Å². The van der Waals surface area contributed by atoms with E-state index in [0.29, 0.717) is 6.54 Å². The molecule has 0 fully saturated rings. The molecule has 0 unspecified atom stereocenters. The second kappa shape index (κ2) is 5.37. The first-order valence-electron chi connectivity index (χ1n) is 6.85. The maximum Gasteiger partial charge on any atom is 0.263 e. The van der Waals surface area contributed by atoms with E-state index in [4.69, 9.17) is 4.98 Å². The van der Waals surface area contributed by atoms with Crippen LogP contribution in [0.3, 0.4) is 0 Å². The van der Waals surface area contributed by atoms with Crippen LogP contribution in [-0.2, 0) is 19.4 Å². The number of aromatic nitrogens is 2. The van der Waals surface area contributed by atoms with E-state index in [9.17, 15) is 4.79 Å². The van der Waals surface area contributed by atoms with Gasteiger partial charge in [-0.25, -0.2) is 4.98 Å². The lowest BCUT2D eigenvalue weighted by atomic mass is 9.97. The van der Waals surface area contributed by atoms with Gasteiger partial charge in [0.1, 0.15) is 4.83 Å². The monoisotopic (exact) mass is 306 g/mol. The Morgan fingerprint density at radius 2 is 2.20 bits per heavy atom. The van der Waals surface area contributed by atoms with Crippen molar-refractivity contribution in [3.05, 3.63) is 32.9 Å². The lowest BCUT2D eigenvalue weighted by Crippen LogP contribution is -2.24. The molecule has 3 rings (SSSR count). The highest BCUT2D eigenvalue weighted by Crippen LogP contribution is 2.34. The first kappa shape index (κ1) is 13.9. The molecule has 1 aliphatic carbocycles. The Labute approximate surface area is 126 Å². The minimum atomic E-state index is 0.113. The lowest BCUT2D eigenvalue weighted by molar-refractivity contribution is 0.650. The second-order valence-corrected chi connectivity index (χ2v) is 7.19. The summed E-state index contributed by atoms with van der Waals surface area (Å²) in [7, 11) is 0. The van der Waals surface area contributed by atoms with Crippen LogP contribution in [-0.4, -0.2) is 15.8 Å². The third-order valence-corrected chi connectivity index (χ3v) is 5.51. The molecule has 0 atom stereocenters. The van der Waals surface area contributed by atoms with Crippen molar-refractivity contribution >= 4 is 33.3 Å². The molecule has 3 nitrogen and oxygen atoms in total. The zero-order valence-electron chi connectivity index (χ0n) is 11.9. The van der Waals surface area contributed by atoms with Crippen LogP contribution in [0, 0.1) is 0 Å². The molecule has 2 aromatic heterocycles. The summed E-state index contributed by atoms with van der Waals surface area (Å²) in [6, 6.07) is 0. The van der Waals surface area contributed by atoms with Gasteiger partial charge in [0.15, 0.2) is 5.16 Å². The molecule has 0 bridgehead atoms. The highest BCUT2D eigenvalue weighted by atomic mass is 32.2. The fraction of sp³-hybridized carbons (Fsp3) is 0.467. The number of rotatable bonds is 3. The summed E-state index contributed by atoms with van der Waals surface area (Å²) < 4.78 is 1.77. The molecule has 5 heteroatoms. The number of hydrogen-bond acceptors (Lipinski definition) is 4. The summed E-state index contributed by atoms with van der Waals surface area (Å²) in [5.74, 6) is 0. The van der Waals surface area contributed by atoms with Crippen molar-refractivity contribution in [2.75, 3.05) is 6.26 Å². The van der Waals surface area contributed by atoms with Crippen LogP contribution in [0.25, 0.3) is 10.2 Å². The molecule has 106 valence electrons. The van der Waals surface area contributed by atoms with Gasteiger partial charge < -0.3 is 0 Å². The van der Waals surface area contributed by atoms with Crippen molar-refractivity contribution < 1.29 is 0 Å². The van der Waals surface area contributed by atoms with Crippen LogP contribution < -0.4 is 5.56 Å². The molecule has 2 aromatic rings. The Morgan fingerprint density at radius 1 is 1.45 bits per heavy atom. The maximum atomic E-state index is 12.9. The number of fused-ring (bicyclic) bond motifs is 3. The lowest BCUT2D eigenvalue weighted by Gasteiger charge is -2.12. The molecule has 0 radical (unpaired) electrons. The first-order chi connectivity index (χ1) is 9.61. The molecule has 0 spiro atoms. The fourth-order valence-electron chi connectivity index (χ4n) is 2.79. The average Bonchev–Trinajstić information content (AvgIpc) is 2.79. The topological polar surface area (TPSA) is 34.9 Å². The van der Waals surface area contributed by atoms with Gasteiger partial charge in [-0.1, -0.05) is 23.9 Å². The maximum absolute atomic E-state index is 12.9. The van der Waals surface area contributed by atoms with Crippen molar-refractivity contribution in [1.82, 2.24) is 9.55 Å². The van der Waals surface area contributed by atoms with Gasteiger partial charge in [-0.15, -0.1) is 11.3 Å². The molecular formula is C15H18N2OS2. The predicted molar refractivity (Wildman–Crippen MR) is 87.1 cm³/mol. The summed E-state index contributed by atoms with van der Waals surface area (Å²) in [6.45, 7) is 6.43. The predicted octanol–water partition coefficient (Wildman–Crippen LogP) is 3.63. The molecule has 0 saturated carbocycles. The Balaban J connectivity index is 2.30. The molecule has 1 aliphatic rings. The van der Waals surface area contributed by atoms with Gasteiger partial charge in [-0.3, -0.25) is 9.36 Å². The molecule has 0 amide bonds. The number of allylic oxidation sites excluding steroid dienone is 1. The Hall–Kier alpha value is -1.07. The van der Waals surface area contributed by atoms with Crippen molar-refractivity contribution in [3.63, 3.8) is 0 Å². The van der Waals surface area contributed by atoms with Crippen LogP contribution in [0.4, 0.5) is 0 Å². The minimum absolute atomic E-state index is 0.113. The van der Waals surface area contributed by atoms with Crippen LogP contribution >= 0.6 is 23.1 Å². The summed E-state index contributed by atoms with van der Waals surface area (Å²) >= 11 is 3.24. The Morgan fingerprint density at radius 3 is 2.90 bits per heavy atom. The van der Waals surface area contributed by atoms with Gasteiger partial charge in [0.25, 0.3) is 5.56 Å². The SMILES string of the molecule is C=C(C)Cn1c(SC)nc2sc3c(c2c1=O)CCCC3. The summed E-state index contributed by atoms with van der Waals surface area (Å²) in [5.41, 5.74) is 2.35. The molecule has 20 heavy (non-hydrogen) atoms. The van der Waals surface area contributed by atoms with Crippen molar-refractivity contribution in [2.24, 2.45) is 0 Å². The first-order valence-corrected chi connectivity index (χ1v) is 8.89. The number of aryl methyl sites for hydroxylation is 2. The number of thiophene rings is 1. The summed E-state index contributed by atoms with van der Waals surface area (Å²) in [6.07, 6.45) is 6.51. The number of nitrogens with zero attached hydrogens (tertiary/aromatic N) is 2. The fourth-order valence-corrected chi connectivity index (χ4v) is 4.65. The van der Waals surface area contributed by atoms with Crippen molar-refractivity contribution in [2.45, 2.75) is 44.3 Å². The van der Waals surface area contributed by atoms with Crippen LogP contribution in [0.2, 0.25) is 0 Å². The largest absolute Gasteiger partial charge is 0.283 e. The van der Waals surface area contributed by atoms with Crippen LogP contribution in [0.5, 0.6) is 0 Å². The molecule has 0 aliphatic heterocycles. The van der Waals surface area contributed by atoms with Crippen LogP contribution in [0.15, 0.2) is 22.1 Å². The van der Waals surface area contributed by atoms with Gasteiger partial charge in [0.05, 0.1) is 5.39 Å². The summed E-state index contributed by atoms with van der Waals surface area (Å²) in [4.78, 5) is 19.9. The Kier molecular flexibility index (Phi) is 3.73. The van der Waals surface area contributed by atoms with Crippen molar-refractivity contribution in [3.8, 4) is 0 Å². The zero-order chi connectivity index (χ0) is 14.3. The minimum Gasteiger partial charge on any atom is -0.283 e. The highest BCUT2D eigenvalue weighted by Gasteiger charge is 2.21. The third kappa shape index (κ3) is 2.23. The highest BCUT2D eigenvalue weighted by molar-refractivity contribution is 7.98. The van der Waals surface area contributed by atoms with Gasteiger partial charge in [0, 0.05) is 11.4 Å². The average molecular weight is 306 g/mol. The zero-order valence-corrected chi connectivity index (χ0v) is 13.5. The third-order valence-electron chi connectivity index (χ3n) is 3.65. The second-order valence-electron chi connectivity index (χ2n) is 5.34. The van der Waals surface area contributed by atoms with E-state index in [1.54, 1.807) is 15.9 Å². The van der Waals surface area contributed by atoms with Crippen molar-refractivity contribution in [1.29, 1.82) is 0 Å². The standard InChI is InChI=1S/C15H18N2OS2/c1-9(2)8-17-14(18)12-10-6-4-5-7-11(10)20-13(12)16-15(17)19-3/h1,4-8H2,2-3H3.